The number of nitrogens with one attached hydrogen (secondary N) is 1. The monoisotopic (exact) mass is 360 g/mol. The Morgan fingerprint density at radius 3 is 2.83 bits per heavy atom. The van der Waals surface area contributed by atoms with E-state index in [2.05, 4.69) is 4.98 Å². The molecule has 122 valence electrons. The van der Waals surface area contributed by atoms with E-state index in [9.17, 15) is 9.90 Å². The number of aromatic amines is 1. The molecule has 2 heterocycles. The van der Waals surface area contributed by atoms with Crippen molar-refractivity contribution in [2.24, 2.45) is 0 Å². The molecule has 0 spiro atoms. The highest BCUT2D eigenvalue weighted by atomic mass is 35.5. The van der Waals surface area contributed by atoms with Crippen LogP contribution in [-0.2, 0) is 13.0 Å². The molecule has 0 saturated carbocycles. The van der Waals surface area contributed by atoms with Crippen LogP contribution in [0, 0.1) is 0 Å². The molecule has 0 aliphatic carbocycles. The molecule has 2 N–H and O–H groups in total. The average Bonchev–Trinajstić information content (AvgIpc) is 2.91. The van der Waals surface area contributed by atoms with Gasteiger partial charge in [-0.25, -0.2) is 0 Å². The Morgan fingerprint density at radius 1 is 1.21 bits per heavy atom. The fourth-order valence-corrected chi connectivity index (χ4v) is 3.58. The maximum atomic E-state index is 12.7. The van der Waals surface area contributed by atoms with Gasteiger partial charge in [-0.15, -0.1) is 0 Å². The van der Waals surface area contributed by atoms with E-state index in [4.69, 9.17) is 23.2 Å². The molecule has 24 heavy (non-hydrogen) atoms. The Bertz CT molecular complexity index is 965. The van der Waals surface area contributed by atoms with Crippen LogP contribution in [0.5, 0.6) is 5.75 Å². The second-order valence-electron chi connectivity index (χ2n) is 5.92. The van der Waals surface area contributed by atoms with E-state index in [1.807, 2.05) is 0 Å². The van der Waals surface area contributed by atoms with E-state index >= 15 is 0 Å². The van der Waals surface area contributed by atoms with E-state index in [-0.39, 0.29) is 11.7 Å². The van der Waals surface area contributed by atoms with Crippen molar-refractivity contribution in [3.05, 3.63) is 63.3 Å². The van der Waals surface area contributed by atoms with Gasteiger partial charge in [-0.2, -0.15) is 0 Å². The first-order chi connectivity index (χ1) is 11.5. The molecule has 1 aromatic heterocycles. The summed E-state index contributed by atoms with van der Waals surface area (Å²) in [5.41, 5.74) is 3.55. The van der Waals surface area contributed by atoms with Crippen LogP contribution >= 0.6 is 23.2 Å². The predicted molar refractivity (Wildman–Crippen MR) is 94.9 cm³/mol. The van der Waals surface area contributed by atoms with Crippen LogP contribution in [-0.4, -0.2) is 27.4 Å². The summed E-state index contributed by atoms with van der Waals surface area (Å²) in [4.78, 5) is 17.8. The third-order valence-corrected chi connectivity index (χ3v) is 4.94. The molecule has 0 bridgehead atoms. The first-order valence-corrected chi connectivity index (χ1v) is 8.35. The summed E-state index contributed by atoms with van der Waals surface area (Å²) in [6.07, 6.45) is 0.739. The largest absolute Gasteiger partial charge is 0.506 e. The van der Waals surface area contributed by atoms with E-state index in [0.29, 0.717) is 28.7 Å². The minimum atomic E-state index is -0.0392. The molecule has 6 heteroatoms. The number of fused-ring (bicyclic) bond motifs is 3. The summed E-state index contributed by atoms with van der Waals surface area (Å²) >= 11 is 12.0. The fraction of sp³-hybridized carbons (Fsp3) is 0.167. The Balaban J connectivity index is 1.67. The summed E-state index contributed by atoms with van der Waals surface area (Å²) in [5.74, 6) is 0.0114. The van der Waals surface area contributed by atoms with Crippen LogP contribution in [0.1, 0.15) is 21.6 Å². The molecule has 3 aromatic rings. The van der Waals surface area contributed by atoms with Crippen molar-refractivity contribution in [3.8, 4) is 5.75 Å². The number of hydrogen-bond acceptors (Lipinski definition) is 2. The van der Waals surface area contributed by atoms with Gasteiger partial charge in [0, 0.05) is 39.8 Å². The number of rotatable bonds is 1. The zero-order chi connectivity index (χ0) is 16.8. The minimum Gasteiger partial charge on any atom is -0.506 e. The summed E-state index contributed by atoms with van der Waals surface area (Å²) in [6.45, 7) is 1.12. The highest BCUT2D eigenvalue weighted by Crippen LogP contribution is 2.34. The van der Waals surface area contributed by atoms with Crippen molar-refractivity contribution in [3.63, 3.8) is 0 Å². The minimum absolute atomic E-state index is 0.0392. The molecule has 1 amide bonds. The van der Waals surface area contributed by atoms with Crippen molar-refractivity contribution in [1.29, 1.82) is 0 Å². The number of phenolic OH excluding ortho intramolecular Hbond substituents is 1. The smallest absolute Gasteiger partial charge is 0.254 e. The number of H-pyrrole nitrogens is 1. The molecule has 4 nitrogen and oxygen atoms in total. The van der Waals surface area contributed by atoms with Gasteiger partial charge in [0.1, 0.15) is 5.75 Å². The molecule has 0 saturated heterocycles. The molecule has 0 atom stereocenters. The van der Waals surface area contributed by atoms with Gasteiger partial charge in [0.05, 0.1) is 11.6 Å². The van der Waals surface area contributed by atoms with Gasteiger partial charge >= 0.3 is 0 Å². The first kappa shape index (κ1) is 15.4. The molecule has 1 aliphatic heterocycles. The molecule has 0 unspecified atom stereocenters. The van der Waals surface area contributed by atoms with Crippen molar-refractivity contribution in [2.75, 3.05) is 6.54 Å². The number of carbonyl (C=O) groups is 1. The summed E-state index contributed by atoms with van der Waals surface area (Å²) in [6, 6.07) is 10.4. The van der Waals surface area contributed by atoms with Crippen LogP contribution in [0.3, 0.4) is 0 Å². The maximum Gasteiger partial charge on any atom is 0.254 e. The quantitative estimate of drug-likeness (QED) is 0.676. The Kier molecular flexibility index (Phi) is 3.66. The average molecular weight is 361 g/mol. The molecular weight excluding hydrogens is 347 g/mol. The molecule has 0 fully saturated rings. The summed E-state index contributed by atoms with van der Waals surface area (Å²) < 4.78 is 0. The van der Waals surface area contributed by atoms with E-state index in [0.717, 1.165) is 28.6 Å². The summed E-state index contributed by atoms with van der Waals surface area (Å²) in [5, 5.41) is 11.7. The van der Waals surface area contributed by atoms with Crippen LogP contribution in [0.4, 0.5) is 0 Å². The second kappa shape index (κ2) is 5.72. The standard InChI is InChI=1S/C18H14Cl2N2O2/c19-11-3-1-2-10(6-11)18(24)22-5-4-12-13-7-14(20)17(23)8-15(13)21-16(12)9-22/h1-3,6-8,21,23H,4-5,9H2. The van der Waals surface area contributed by atoms with E-state index < -0.39 is 0 Å². The first-order valence-electron chi connectivity index (χ1n) is 7.59. The lowest BCUT2D eigenvalue weighted by atomic mass is 10.0. The van der Waals surface area contributed by atoms with Crippen LogP contribution < -0.4 is 0 Å². The SMILES string of the molecule is O=C(c1cccc(Cl)c1)N1CCc2c([nH]c3cc(O)c(Cl)cc23)C1. The normalized spacial score (nSPS) is 14.0. The number of phenols is 1. The van der Waals surface area contributed by atoms with E-state index in [1.54, 1.807) is 41.3 Å². The van der Waals surface area contributed by atoms with Gasteiger partial charge in [-0.3, -0.25) is 4.79 Å². The molecule has 1 aliphatic rings. The lowest BCUT2D eigenvalue weighted by molar-refractivity contribution is 0.0733. The molecule has 4 rings (SSSR count). The zero-order valence-electron chi connectivity index (χ0n) is 12.6. The third kappa shape index (κ3) is 2.52. The third-order valence-electron chi connectivity index (χ3n) is 4.40. The number of halogens is 2. The topological polar surface area (TPSA) is 56.3 Å². The van der Waals surface area contributed by atoms with Gasteiger partial charge in [0.25, 0.3) is 5.91 Å². The fourth-order valence-electron chi connectivity index (χ4n) is 3.23. The van der Waals surface area contributed by atoms with Crippen molar-refractivity contribution >= 4 is 40.0 Å². The Hall–Kier alpha value is -2.17. The van der Waals surface area contributed by atoms with Crippen LogP contribution in [0.2, 0.25) is 10.0 Å². The van der Waals surface area contributed by atoms with Gasteiger partial charge in [0.2, 0.25) is 0 Å². The van der Waals surface area contributed by atoms with Gasteiger partial charge in [-0.05, 0) is 36.2 Å². The highest BCUT2D eigenvalue weighted by molar-refractivity contribution is 6.32. The van der Waals surface area contributed by atoms with Crippen molar-refractivity contribution in [1.82, 2.24) is 9.88 Å². The van der Waals surface area contributed by atoms with Gasteiger partial charge < -0.3 is 15.0 Å². The number of aromatic nitrogens is 1. The van der Waals surface area contributed by atoms with Crippen LogP contribution in [0.15, 0.2) is 36.4 Å². The number of amides is 1. The summed E-state index contributed by atoms with van der Waals surface area (Å²) in [7, 11) is 0. The van der Waals surface area contributed by atoms with Crippen molar-refractivity contribution in [2.45, 2.75) is 13.0 Å². The molecule has 0 radical (unpaired) electrons. The lowest BCUT2D eigenvalue weighted by Crippen LogP contribution is -2.35. The predicted octanol–water partition coefficient (Wildman–Crippen LogP) is 4.38. The number of aromatic hydroxyl groups is 1. The maximum absolute atomic E-state index is 12.7. The molecular formula is C18H14Cl2N2O2. The molecule has 2 aromatic carbocycles. The van der Waals surface area contributed by atoms with Crippen molar-refractivity contribution < 1.29 is 9.90 Å². The number of carbonyl (C=O) groups excluding carboxylic acids is 1. The zero-order valence-corrected chi connectivity index (χ0v) is 14.2. The van der Waals surface area contributed by atoms with Gasteiger partial charge in [0.15, 0.2) is 0 Å². The lowest BCUT2D eigenvalue weighted by Gasteiger charge is -2.27. The van der Waals surface area contributed by atoms with Crippen LogP contribution in [0.25, 0.3) is 10.9 Å². The number of benzene rings is 2. The van der Waals surface area contributed by atoms with E-state index in [1.165, 1.54) is 0 Å². The Morgan fingerprint density at radius 2 is 2.04 bits per heavy atom. The number of hydrogen-bond donors (Lipinski definition) is 2. The highest BCUT2D eigenvalue weighted by Gasteiger charge is 2.25. The Labute approximate surface area is 148 Å². The van der Waals surface area contributed by atoms with Gasteiger partial charge in [-0.1, -0.05) is 29.3 Å². The number of nitrogens with zero attached hydrogens (tertiary/aromatic N) is 1. The second-order valence-corrected chi connectivity index (χ2v) is 6.76.